The molecule has 6 rings (SSSR count). The van der Waals surface area contributed by atoms with E-state index in [0.717, 1.165) is 31.0 Å². The van der Waals surface area contributed by atoms with E-state index >= 15 is 0 Å². The number of carbonyl (C=O) groups excluding carboxylic acids is 1. The van der Waals surface area contributed by atoms with Crippen molar-refractivity contribution in [3.63, 3.8) is 0 Å². The number of nitrogens with zero attached hydrogens (tertiary/aromatic N) is 2. The Morgan fingerprint density at radius 2 is 1.77 bits per heavy atom. The van der Waals surface area contributed by atoms with Gasteiger partial charge in [-0.2, -0.15) is 0 Å². The smallest absolute Gasteiger partial charge is 0.338 e. The van der Waals surface area contributed by atoms with Crippen molar-refractivity contribution >= 4 is 56.7 Å². The number of carbonyl (C=O) groups is 1. The van der Waals surface area contributed by atoms with E-state index in [1.165, 1.54) is 18.4 Å². The highest BCUT2D eigenvalue weighted by Gasteiger charge is 2.33. The van der Waals surface area contributed by atoms with E-state index in [2.05, 4.69) is 51.8 Å². The van der Waals surface area contributed by atoms with Gasteiger partial charge < -0.3 is 14.2 Å². The highest BCUT2D eigenvalue weighted by atomic mass is 127. The summed E-state index contributed by atoms with van der Waals surface area (Å²) in [6, 6.07) is 27.1. The predicted octanol–water partition coefficient (Wildman–Crippen LogP) is 6.14. The van der Waals surface area contributed by atoms with Crippen LogP contribution in [0.5, 0.6) is 11.5 Å². The van der Waals surface area contributed by atoms with Crippen molar-refractivity contribution in [2.24, 2.45) is 4.99 Å². The van der Waals surface area contributed by atoms with Gasteiger partial charge in [-0.3, -0.25) is 9.36 Å². The van der Waals surface area contributed by atoms with Crippen molar-refractivity contribution < 1.29 is 19.0 Å². The van der Waals surface area contributed by atoms with E-state index in [0.29, 0.717) is 45.3 Å². The van der Waals surface area contributed by atoms with Crippen LogP contribution in [0.15, 0.2) is 106 Å². The van der Waals surface area contributed by atoms with Crippen LogP contribution in [-0.4, -0.2) is 24.3 Å². The molecule has 44 heavy (non-hydrogen) atoms. The molecule has 1 aliphatic heterocycles. The maximum atomic E-state index is 13.9. The number of methoxy groups -OCH3 is 1. The number of benzene rings is 4. The summed E-state index contributed by atoms with van der Waals surface area (Å²) in [6.07, 6.45) is 1.84. The molecule has 4 aromatic carbocycles. The first-order valence-electron chi connectivity index (χ1n) is 14.1. The highest BCUT2D eigenvalue weighted by molar-refractivity contribution is 14.1. The van der Waals surface area contributed by atoms with Gasteiger partial charge >= 0.3 is 5.97 Å². The first-order valence-corrected chi connectivity index (χ1v) is 16.0. The lowest BCUT2D eigenvalue weighted by molar-refractivity contribution is -0.136. The predicted molar refractivity (Wildman–Crippen MR) is 181 cm³/mol. The third-order valence-corrected chi connectivity index (χ3v) is 9.21. The molecule has 9 heteroatoms. The van der Waals surface area contributed by atoms with Gasteiger partial charge in [0.05, 0.1) is 39.1 Å². The largest absolute Gasteiger partial charge is 0.490 e. The van der Waals surface area contributed by atoms with Gasteiger partial charge in [-0.1, -0.05) is 84.1 Å². The second-order valence-electron chi connectivity index (χ2n) is 10.2. The molecule has 0 fully saturated rings. The Morgan fingerprint density at radius 3 is 2.55 bits per heavy atom. The highest BCUT2D eigenvalue weighted by Crippen LogP contribution is 2.36. The van der Waals surface area contributed by atoms with E-state index in [1.807, 2.05) is 73.7 Å². The second kappa shape index (κ2) is 12.8. The summed E-state index contributed by atoms with van der Waals surface area (Å²) in [5.41, 5.74) is 3.32. The minimum Gasteiger partial charge on any atom is -0.490 e. The van der Waals surface area contributed by atoms with Crippen molar-refractivity contribution in [2.45, 2.75) is 26.5 Å². The van der Waals surface area contributed by atoms with E-state index in [-0.39, 0.29) is 5.56 Å². The molecule has 1 aliphatic rings. The van der Waals surface area contributed by atoms with Gasteiger partial charge in [0.2, 0.25) is 0 Å². The standard InChI is InChI=1S/C35H29IN2O5S/c1-4-42-28-18-22(17-27(36)32(28)43-20-25-15-10-14-23-11-8-9-16-26(23)25)19-29-33(39)38-31(24-12-6-5-7-13-24)30(34(40)41-3)21(2)37-35(38)44-29/h5-19,31H,4,20H2,1-3H3. The lowest BCUT2D eigenvalue weighted by Gasteiger charge is -2.24. The van der Waals surface area contributed by atoms with Crippen LogP contribution in [0.3, 0.4) is 0 Å². The number of hydrogen-bond acceptors (Lipinski definition) is 7. The van der Waals surface area contributed by atoms with Gasteiger partial charge in [0.25, 0.3) is 5.56 Å². The maximum absolute atomic E-state index is 13.9. The molecule has 0 saturated carbocycles. The third-order valence-electron chi connectivity index (χ3n) is 7.42. The molecular weight excluding hydrogens is 687 g/mol. The van der Waals surface area contributed by atoms with Crippen LogP contribution < -0.4 is 24.4 Å². The summed E-state index contributed by atoms with van der Waals surface area (Å²) in [5.74, 6) is 0.746. The summed E-state index contributed by atoms with van der Waals surface area (Å²) >= 11 is 3.53. The molecule has 0 bridgehead atoms. The lowest BCUT2D eigenvalue weighted by Crippen LogP contribution is -2.39. The van der Waals surface area contributed by atoms with Gasteiger partial charge in [0, 0.05) is 0 Å². The summed E-state index contributed by atoms with van der Waals surface area (Å²) < 4.78 is 20.4. The fraction of sp³-hybridized carbons (Fsp3) is 0.171. The van der Waals surface area contributed by atoms with Gasteiger partial charge in [0.15, 0.2) is 16.3 Å². The fourth-order valence-corrected chi connectivity index (χ4v) is 7.26. The Labute approximate surface area is 271 Å². The molecule has 1 unspecified atom stereocenters. The number of halogens is 1. The molecule has 7 nitrogen and oxygen atoms in total. The number of esters is 1. The summed E-state index contributed by atoms with van der Waals surface area (Å²) in [5, 5.41) is 2.31. The van der Waals surface area contributed by atoms with E-state index in [1.54, 1.807) is 11.5 Å². The molecule has 0 radical (unpaired) electrons. The Bertz CT molecular complexity index is 2090. The van der Waals surface area contributed by atoms with Crippen molar-refractivity contribution in [3.8, 4) is 11.5 Å². The van der Waals surface area contributed by atoms with Gasteiger partial charge in [0.1, 0.15) is 6.61 Å². The maximum Gasteiger partial charge on any atom is 0.338 e. The zero-order valence-electron chi connectivity index (χ0n) is 24.4. The Kier molecular flexibility index (Phi) is 8.67. The lowest BCUT2D eigenvalue weighted by atomic mass is 9.96. The van der Waals surface area contributed by atoms with Crippen LogP contribution >= 0.6 is 33.9 Å². The average molecular weight is 717 g/mol. The molecule has 0 saturated heterocycles. The van der Waals surface area contributed by atoms with Crippen molar-refractivity contribution in [1.82, 2.24) is 4.57 Å². The average Bonchev–Trinajstić information content (AvgIpc) is 3.33. The minimum atomic E-state index is -0.647. The summed E-state index contributed by atoms with van der Waals surface area (Å²) in [7, 11) is 1.34. The van der Waals surface area contributed by atoms with Gasteiger partial charge in [-0.15, -0.1) is 0 Å². The molecule has 2 heterocycles. The van der Waals surface area contributed by atoms with E-state index < -0.39 is 12.0 Å². The number of thiazole rings is 1. The zero-order chi connectivity index (χ0) is 30.8. The number of aromatic nitrogens is 1. The van der Waals surface area contributed by atoms with Crippen LogP contribution in [0.2, 0.25) is 0 Å². The van der Waals surface area contributed by atoms with Gasteiger partial charge in [-0.25, -0.2) is 9.79 Å². The van der Waals surface area contributed by atoms with Crippen LogP contribution in [0, 0.1) is 3.57 Å². The van der Waals surface area contributed by atoms with Crippen molar-refractivity contribution in [1.29, 1.82) is 0 Å². The van der Waals surface area contributed by atoms with Crippen molar-refractivity contribution in [2.75, 3.05) is 13.7 Å². The first-order chi connectivity index (χ1) is 21.4. The van der Waals surface area contributed by atoms with Crippen LogP contribution in [0.1, 0.15) is 36.6 Å². The topological polar surface area (TPSA) is 79.1 Å². The molecular formula is C35H29IN2O5S. The van der Waals surface area contributed by atoms with Crippen molar-refractivity contribution in [3.05, 3.63) is 136 Å². The normalized spacial score (nSPS) is 14.7. The van der Waals surface area contributed by atoms with Gasteiger partial charge in [-0.05, 0) is 82.1 Å². The monoisotopic (exact) mass is 716 g/mol. The second-order valence-corrected chi connectivity index (χ2v) is 12.3. The third kappa shape index (κ3) is 5.69. The van der Waals surface area contributed by atoms with E-state index in [9.17, 15) is 9.59 Å². The van der Waals surface area contributed by atoms with Crippen LogP contribution in [-0.2, 0) is 16.1 Å². The number of hydrogen-bond donors (Lipinski definition) is 0. The number of allylic oxidation sites excluding steroid dienone is 1. The summed E-state index contributed by atoms with van der Waals surface area (Å²) in [6.45, 7) is 4.54. The molecule has 5 aromatic rings. The first kappa shape index (κ1) is 29.8. The van der Waals surface area contributed by atoms with E-state index in [4.69, 9.17) is 14.2 Å². The molecule has 1 atom stereocenters. The number of fused-ring (bicyclic) bond motifs is 2. The molecule has 0 aliphatic carbocycles. The number of rotatable bonds is 8. The van der Waals surface area contributed by atoms with Crippen LogP contribution in [0.25, 0.3) is 16.8 Å². The molecule has 222 valence electrons. The molecule has 0 N–H and O–H groups in total. The Morgan fingerprint density at radius 1 is 1.02 bits per heavy atom. The summed E-state index contributed by atoms with van der Waals surface area (Å²) in [4.78, 5) is 32.0. The molecule has 1 aromatic heterocycles. The SMILES string of the molecule is CCOc1cc(C=c2sc3n(c2=O)C(c2ccccc2)C(C(=O)OC)=C(C)N=3)cc(I)c1OCc1cccc2ccccc12. The zero-order valence-corrected chi connectivity index (χ0v) is 27.3. The Balaban J connectivity index is 1.40. The molecule has 0 amide bonds. The quantitative estimate of drug-likeness (QED) is 0.143. The minimum absolute atomic E-state index is 0.235. The number of ether oxygens (including phenoxy) is 3. The molecule has 0 spiro atoms. The Hall–Kier alpha value is -4.22. The fourth-order valence-electron chi connectivity index (χ4n) is 5.44. The van der Waals surface area contributed by atoms with Crippen LogP contribution in [0.4, 0.5) is 0 Å².